The predicted octanol–water partition coefficient (Wildman–Crippen LogP) is 3.93. The average Bonchev–Trinajstić information content (AvgIpc) is 2.48. The Hall–Kier alpha value is -1.88. The normalized spacial score (nSPS) is 10.4. The number of nitrogens with zero attached hydrogens (tertiary/aromatic N) is 1. The summed E-state index contributed by atoms with van der Waals surface area (Å²) in [5.41, 5.74) is 2.21. The van der Waals surface area contributed by atoms with E-state index in [1.165, 1.54) is 17.7 Å². The number of carbonyl (C=O) groups is 1. The van der Waals surface area contributed by atoms with E-state index >= 15 is 0 Å². The standard InChI is InChI=1S/C17H17BrFNO2/c1-12-3-5-13(6-4-12)10-20(2)17(21)11-22-16-8-7-14(18)9-15(16)19/h3-9H,10-11H2,1-2H3. The summed E-state index contributed by atoms with van der Waals surface area (Å²) in [6.07, 6.45) is 0. The third-order valence-corrected chi connectivity index (χ3v) is 3.70. The zero-order valence-corrected chi connectivity index (χ0v) is 14.1. The van der Waals surface area contributed by atoms with Crippen molar-refractivity contribution in [2.75, 3.05) is 13.7 Å². The maximum Gasteiger partial charge on any atom is 0.260 e. The second-order valence-corrected chi connectivity index (χ2v) is 6.01. The number of ether oxygens (including phenoxy) is 1. The Morgan fingerprint density at radius 1 is 1.23 bits per heavy atom. The molecule has 0 radical (unpaired) electrons. The lowest BCUT2D eigenvalue weighted by atomic mass is 10.1. The molecule has 0 aliphatic rings. The van der Waals surface area contributed by atoms with Crippen LogP contribution in [0.1, 0.15) is 11.1 Å². The number of rotatable bonds is 5. The molecule has 0 aliphatic heterocycles. The fourth-order valence-electron chi connectivity index (χ4n) is 1.90. The number of aryl methyl sites for hydroxylation is 1. The van der Waals surface area contributed by atoms with Crippen LogP contribution in [-0.4, -0.2) is 24.5 Å². The molecule has 1 amide bonds. The molecule has 2 aromatic rings. The number of halogens is 2. The van der Waals surface area contributed by atoms with E-state index in [0.29, 0.717) is 11.0 Å². The Kier molecular flexibility index (Phi) is 5.55. The Labute approximate surface area is 137 Å². The van der Waals surface area contributed by atoms with Crippen LogP contribution in [0.2, 0.25) is 0 Å². The molecule has 0 fully saturated rings. The van der Waals surface area contributed by atoms with Crippen molar-refractivity contribution in [1.29, 1.82) is 0 Å². The van der Waals surface area contributed by atoms with Gasteiger partial charge in [0.05, 0.1) is 0 Å². The Morgan fingerprint density at radius 3 is 2.55 bits per heavy atom. The van der Waals surface area contributed by atoms with Crippen molar-refractivity contribution in [3.05, 3.63) is 63.9 Å². The number of hydrogen-bond donors (Lipinski definition) is 0. The molecule has 2 rings (SSSR count). The van der Waals surface area contributed by atoms with E-state index in [1.807, 2.05) is 31.2 Å². The van der Waals surface area contributed by atoms with Crippen LogP contribution < -0.4 is 4.74 Å². The van der Waals surface area contributed by atoms with Gasteiger partial charge in [0, 0.05) is 18.1 Å². The van der Waals surface area contributed by atoms with E-state index in [2.05, 4.69) is 15.9 Å². The van der Waals surface area contributed by atoms with Gasteiger partial charge in [0.1, 0.15) is 0 Å². The first-order chi connectivity index (χ1) is 10.5. The maximum absolute atomic E-state index is 13.6. The number of amides is 1. The average molecular weight is 366 g/mol. The fourth-order valence-corrected chi connectivity index (χ4v) is 2.23. The van der Waals surface area contributed by atoms with Crippen LogP contribution in [0.25, 0.3) is 0 Å². The smallest absolute Gasteiger partial charge is 0.260 e. The zero-order valence-electron chi connectivity index (χ0n) is 12.5. The monoisotopic (exact) mass is 365 g/mol. The van der Waals surface area contributed by atoms with Gasteiger partial charge in [0.2, 0.25) is 0 Å². The molecular weight excluding hydrogens is 349 g/mol. The van der Waals surface area contributed by atoms with Crippen LogP contribution in [0.5, 0.6) is 5.75 Å². The first kappa shape index (κ1) is 16.5. The summed E-state index contributed by atoms with van der Waals surface area (Å²) in [7, 11) is 1.70. The van der Waals surface area contributed by atoms with Gasteiger partial charge in [-0.2, -0.15) is 0 Å². The first-order valence-corrected chi connectivity index (χ1v) is 7.62. The molecule has 3 nitrogen and oxygen atoms in total. The van der Waals surface area contributed by atoms with Crippen molar-refractivity contribution in [2.45, 2.75) is 13.5 Å². The summed E-state index contributed by atoms with van der Waals surface area (Å²) >= 11 is 3.17. The summed E-state index contributed by atoms with van der Waals surface area (Å²) in [6, 6.07) is 12.4. The van der Waals surface area contributed by atoms with Gasteiger partial charge in [-0.1, -0.05) is 45.8 Å². The molecule has 0 saturated heterocycles. The second-order valence-electron chi connectivity index (χ2n) is 5.10. The Bertz CT molecular complexity index is 658. The minimum atomic E-state index is -0.497. The van der Waals surface area contributed by atoms with Crippen molar-refractivity contribution in [2.24, 2.45) is 0 Å². The van der Waals surface area contributed by atoms with Gasteiger partial charge in [-0.15, -0.1) is 0 Å². The summed E-state index contributed by atoms with van der Waals surface area (Å²) < 4.78 is 19.5. The molecule has 0 bridgehead atoms. The molecule has 22 heavy (non-hydrogen) atoms. The summed E-state index contributed by atoms with van der Waals surface area (Å²) in [6.45, 7) is 2.31. The van der Waals surface area contributed by atoms with Gasteiger partial charge in [-0.3, -0.25) is 4.79 Å². The van der Waals surface area contributed by atoms with Crippen molar-refractivity contribution in [3.63, 3.8) is 0 Å². The van der Waals surface area contributed by atoms with E-state index in [9.17, 15) is 9.18 Å². The van der Waals surface area contributed by atoms with E-state index in [0.717, 1.165) is 5.56 Å². The number of carbonyl (C=O) groups excluding carboxylic acids is 1. The quantitative estimate of drug-likeness (QED) is 0.803. The largest absolute Gasteiger partial charge is 0.481 e. The van der Waals surface area contributed by atoms with Gasteiger partial charge in [-0.05, 0) is 30.7 Å². The molecule has 116 valence electrons. The molecule has 0 aromatic heterocycles. The highest BCUT2D eigenvalue weighted by Gasteiger charge is 2.12. The Balaban J connectivity index is 1.89. The van der Waals surface area contributed by atoms with E-state index in [1.54, 1.807) is 18.0 Å². The van der Waals surface area contributed by atoms with Crippen molar-refractivity contribution in [3.8, 4) is 5.75 Å². The van der Waals surface area contributed by atoms with Crippen LogP contribution >= 0.6 is 15.9 Å². The van der Waals surface area contributed by atoms with E-state index in [-0.39, 0.29) is 18.3 Å². The number of hydrogen-bond acceptors (Lipinski definition) is 2. The third-order valence-electron chi connectivity index (χ3n) is 3.21. The van der Waals surface area contributed by atoms with E-state index < -0.39 is 5.82 Å². The van der Waals surface area contributed by atoms with Crippen LogP contribution in [0.15, 0.2) is 46.9 Å². The molecule has 0 spiro atoms. The molecule has 5 heteroatoms. The van der Waals surface area contributed by atoms with Gasteiger partial charge in [0.15, 0.2) is 18.2 Å². The van der Waals surface area contributed by atoms with E-state index in [4.69, 9.17) is 4.74 Å². The van der Waals surface area contributed by atoms with Crippen LogP contribution in [0, 0.1) is 12.7 Å². The Morgan fingerprint density at radius 2 is 1.91 bits per heavy atom. The SMILES string of the molecule is Cc1ccc(CN(C)C(=O)COc2ccc(Br)cc2F)cc1. The number of likely N-dealkylation sites (N-methyl/N-ethyl adjacent to an activating group) is 1. The second kappa shape index (κ2) is 7.40. The fraction of sp³-hybridized carbons (Fsp3) is 0.235. The van der Waals surface area contributed by atoms with Gasteiger partial charge >= 0.3 is 0 Å². The van der Waals surface area contributed by atoms with Crippen molar-refractivity contribution < 1.29 is 13.9 Å². The lowest BCUT2D eigenvalue weighted by Crippen LogP contribution is -2.31. The molecule has 0 saturated carbocycles. The third kappa shape index (κ3) is 4.56. The lowest BCUT2D eigenvalue weighted by Gasteiger charge is -2.18. The number of benzene rings is 2. The first-order valence-electron chi connectivity index (χ1n) is 6.83. The van der Waals surface area contributed by atoms with Crippen molar-refractivity contribution >= 4 is 21.8 Å². The van der Waals surface area contributed by atoms with Crippen LogP contribution in [-0.2, 0) is 11.3 Å². The van der Waals surface area contributed by atoms with Crippen LogP contribution in [0.3, 0.4) is 0 Å². The molecule has 0 unspecified atom stereocenters. The predicted molar refractivity (Wildman–Crippen MR) is 87.2 cm³/mol. The minimum absolute atomic E-state index is 0.0697. The summed E-state index contributed by atoms with van der Waals surface area (Å²) in [5, 5.41) is 0. The minimum Gasteiger partial charge on any atom is -0.481 e. The van der Waals surface area contributed by atoms with Gasteiger partial charge in [0.25, 0.3) is 5.91 Å². The highest BCUT2D eigenvalue weighted by Crippen LogP contribution is 2.21. The molecule has 0 N–H and O–H groups in total. The zero-order chi connectivity index (χ0) is 16.1. The summed E-state index contributed by atoms with van der Waals surface area (Å²) in [4.78, 5) is 13.6. The van der Waals surface area contributed by atoms with Gasteiger partial charge in [-0.25, -0.2) is 4.39 Å². The molecule has 0 atom stereocenters. The van der Waals surface area contributed by atoms with Crippen molar-refractivity contribution in [1.82, 2.24) is 4.90 Å². The molecule has 0 heterocycles. The highest BCUT2D eigenvalue weighted by atomic mass is 79.9. The molecule has 0 aliphatic carbocycles. The highest BCUT2D eigenvalue weighted by molar-refractivity contribution is 9.10. The lowest BCUT2D eigenvalue weighted by molar-refractivity contribution is -0.132. The molecule has 2 aromatic carbocycles. The van der Waals surface area contributed by atoms with Crippen LogP contribution in [0.4, 0.5) is 4.39 Å². The van der Waals surface area contributed by atoms with Gasteiger partial charge < -0.3 is 9.64 Å². The molecular formula is C17H17BrFNO2. The maximum atomic E-state index is 13.6. The summed E-state index contributed by atoms with van der Waals surface area (Å²) in [5.74, 6) is -0.633. The topological polar surface area (TPSA) is 29.5 Å².